The minimum atomic E-state index is -0.990. The number of benzene rings is 3. The maximum absolute atomic E-state index is 12.5. The molecule has 7 nitrogen and oxygen atoms in total. The summed E-state index contributed by atoms with van der Waals surface area (Å²) in [6.07, 6.45) is -0.528. The lowest BCUT2D eigenvalue weighted by Gasteiger charge is -2.19. The van der Waals surface area contributed by atoms with Gasteiger partial charge in [-0.3, -0.25) is 10.1 Å². The number of fused-ring (bicyclic) bond motifs is 1. The molecule has 0 saturated carbocycles. The summed E-state index contributed by atoms with van der Waals surface area (Å²) in [7, 11) is 0. The van der Waals surface area contributed by atoms with Crippen molar-refractivity contribution in [1.29, 1.82) is 0 Å². The lowest BCUT2D eigenvalue weighted by atomic mass is 10.1. The van der Waals surface area contributed by atoms with Gasteiger partial charge in [-0.05, 0) is 73.5 Å². The first-order valence-corrected chi connectivity index (χ1v) is 9.75. The maximum Gasteiger partial charge on any atom is 0.412 e. The van der Waals surface area contributed by atoms with Crippen molar-refractivity contribution in [2.45, 2.75) is 32.9 Å². The van der Waals surface area contributed by atoms with Gasteiger partial charge in [-0.25, -0.2) is 9.59 Å². The molecule has 0 atom stereocenters. The Morgan fingerprint density at radius 1 is 0.871 bits per heavy atom. The Balaban J connectivity index is 1.65. The van der Waals surface area contributed by atoms with E-state index >= 15 is 0 Å². The number of hydrogen-bond acceptors (Lipinski definition) is 4. The van der Waals surface area contributed by atoms with Crippen molar-refractivity contribution in [3.63, 3.8) is 0 Å². The van der Waals surface area contributed by atoms with Crippen LogP contribution < -0.4 is 10.6 Å². The maximum atomic E-state index is 12.5. The molecule has 3 aromatic rings. The van der Waals surface area contributed by atoms with Crippen molar-refractivity contribution < 1.29 is 24.2 Å². The van der Waals surface area contributed by atoms with Gasteiger partial charge in [0.1, 0.15) is 5.60 Å². The number of hydrogen-bond donors (Lipinski definition) is 3. The van der Waals surface area contributed by atoms with Gasteiger partial charge in [-0.15, -0.1) is 0 Å². The van der Waals surface area contributed by atoms with Crippen LogP contribution in [0.5, 0.6) is 0 Å². The Labute approximate surface area is 180 Å². The summed E-state index contributed by atoms with van der Waals surface area (Å²) in [6.45, 7) is 5.68. The normalized spacial score (nSPS) is 11.1. The Morgan fingerprint density at radius 2 is 1.48 bits per heavy atom. The fourth-order valence-corrected chi connectivity index (χ4v) is 2.94. The molecule has 0 fully saturated rings. The Kier molecular flexibility index (Phi) is 6.25. The number of amides is 2. The molecule has 0 aliphatic rings. The van der Waals surface area contributed by atoms with E-state index in [1.54, 1.807) is 51.1 Å². The van der Waals surface area contributed by atoms with Gasteiger partial charge in [0.15, 0.2) is 0 Å². The molecule has 31 heavy (non-hydrogen) atoms. The van der Waals surface area contributed by atoms with Gasteiger partial charge in [-0.1, -0.05) is 24.3 Å². The molecule has 0 aliphatic heterocycles. The first-order chi connectivity index (χ1) is 14.6. The number of carboxylic acids is 1. The Morgan fingerprint density at radius 3 is 2.13 bits per heavy atom. The van der Waals surface area contributed by atoms with E-state index in [-0.39, 0.29) is 18.0 Å². The first-order valence-electron chi connectivity index (χ1n) is 9.75. The summed E-state index contributed by atoms with van der Waals surface area (Å²) in [5.74, 6) is -1.23. The third kappa shape index (κ3) is 6.05. The molecule has 0 aromatic heterocycles. The Bertz CT molecular complexity index is 1130. The molecule has 0 heterocycles. The lowest BCUT2D eigenvalue weighted by Crippen LogP contribution is -2.27. The van der Waals surface area contributed by atoms with Gasteiger partial charge in [0, 0.05) is 17.8 Å². The lowest BCUT2D eigenvalue weighted by molar-refractivity contribution is 0.0634. The van der Waals surface area contributed by atoms with Crippen LogP contribution in [0.2, 0.25) is 0 Å². The topological polar surface area (TPSA) is 105 Å². The molecule has 0 aliphatic carbocycles. The molecule has 7 heteroatoms. The van der Waals surface area contributed by atoms with Crippen LogP contribution in [-0.4, -0.2) is 28.7 Å². The van der Waals surface area contributed by atoms with Crippen LogP contribution in [0.1, 0.15) is 47.1 Å². The molecule has 0 bridgehead atoms. The highest BCUT2D eigenvalue weighted by atomic mass is 16.6. The van der Waals surface area contributed by atoms with Gasteiger partial charge in [0.05, 0.1) is 5.56 Å². The molecule has 2 amide bonds. The number of ether oxygens (including phenoxy) is 1. The summed E-state index contributed by atoms with van der Waals surface area (Å²) in [5.41, 5.74) is 1.52. The molecule has 0 unspecified atom stereocenters. The average Bonchev–Trinajstić information content (AvgIpc) is 2.70. The molecule has 0 radical (unpaired) electrons. The summed E-state index contributed by atoms with van der Waals surface area (Å²) in [4.78, 5) is 35.3. The number of nitrogens with one attached hydrogen (secondary N) is 2. The van der Waals surface area contributed by atoms with Crippen molar-refractivity contribution in [2.24, 2.45) is 0 Å². The van der Waals surface area contributed by atoms with Gasteiger partial charge in [-0.2, -0.15) is 0 Å². The minimum Gasteiger partial charge on any atom is -0.478 e. The number of carbonyl (C=O) groups excluding carboxylic acids is 2. The van der Waals surface area contributed by atoms with Crippen LogP contribution in [0.3, 0.4) is 0 Å². The zero-order valence-corrected chi connectivity index (χ0v) is 17.6. The predicted octanol–water partition coefficient (Wildman–Crippen LogP) is 4.82. The molecule has 160 valence electrons. The molecule has 0 spiro atoms. The molecule has 0 saturated heterocycles. The van der Waals surface area contributed by atoms with Crippen molar-refractivity contribution >= 4 is 34.4 Å². The summed E-state index contributed by atoms with van der Waals surface area (Å²) < 4.78 is 5.25. The second-order valence-corrected chi connectivity index (χ2v) is 8.09. The zero-order valence-electron chi connectivity index (χ0n) is 17.6. The largest absolute Gasteiger partial charge is 0.478 e. The van der Waals surface area contributed by atoms with Gasteiger partial charge in [0.25, 0.3) is 5.91 Å². The fourth-order valence-electron chi connectivity index (χ4n) is 2.94. The van der Waals surface area contributed by atoms with Gasteiger partial charge >= 0.3 is 12.1 Å². The highest BCUT2D eigenvalue weighted by molar-refractivity contribution is 5.99. The fraction of sp³-hybridized carbons (Fsp3) is 0.208. The van der Waals surface area contributed by atoms with E-state index < -0.39 is 17.7 Å². The van der Waals surface area contributed by atoms with Gasteiger partial charge in [0.2, 0.25) is 0 Å². The van der Waals surface area contributed by atoms with Crippen LogP contribution >= 0.6 is 0 Å². The monoisotopic (exact) mass is 420 g/mol. The van der Waals surface area contributed by atoms with E-state index in [0.29, 0.717) is 11.3 Å². The number of carbonyl (C=O) groups is 3. The minimum absolute atomic E-state index is 0.199. The smallest absolute Gasteiger partial charge is 0.412 e. The highest BCUT2D eigenvalue weighted by Gasteiger charge is 2.16. The molecule has 3 N–H and O–H groups in total. The van der Waals surface area contributed by atoms with E-state index in [0.717, 1.165) is 16.3 Å². The molecular formula is C24H24N2O5. The van der Waals surface area contributed by atoms with Crippen molar-refractivity contribution in [2.75, 3.05) is 5.32 Å². The Hall–Kier alpha value is -3.87. The van der Waals surface area contributed by atoms with E-state index in [1.807, 2.05) is 18.2 Å². The third-order valence-electron chi connectivity index (χ3n) is 4.40. The van der Waals surface area contributed by atoms with E-state index in [4.69, 9.17) is 9.84 Å². The van der Waals surface area contributed by atoms with E-state index in [1.165, 1.54) is 12.1 Å². The van der Waals surface area contributed by atoms with Crippen LogP contribution in [0.25, 0.3) is 10.8 Å². The predicted molar refractivity (Wildman–Crippen MR) is 118 cm³/mol. The average molecular weight is 420 g/mol. The summed E-state index contributed by atoms with van der Waals surface area (Å²) >= 11 is 0. The summed E-state index contributed by atoms with van der Waals surface area (Å²) in [6, 6.07) is 17.0. The zero-order chi connectivity index (χ0) is 22.6. The second-order valence-electron chi connectivity index (χ2n) is 8.09. The summed E-state index contributed by atoms with van der Waals surface area (Å²) in [5, 5.41) is 16.2. The number of anilines is 1. The van der Waals surface area contributed by atoms with E-state index in [2.05, 4.69) is 10.6 Å². The molecule has 3 rings (SSSR count). The first kappa shape index (κ1) is 21.8. The van der Waals surface area contributed by atoms with E-state index in [9.17, 15) is 14.4 Å². The quantitative estimate of drug-likeness (QED) is 0.549. The number of carboxylic acid groups (broad SMARTS) is 1. The molecular weight excluding hydrogens is 396 g/mol. The van der Waals surface area contributed by atoms with Crippen molar-refractivity contribution in [3.05, 3.63) is 77.4 Å². The van der Waals surface area contributed by atoms with Crippen LogP contribution in [0, 0.1) is 0 Å². The number of aromatic carboxylic acids is 1. The van der Waals surface area contributed by atoms with Crippen LogP contribution in [-0.2, 0) is 11.3 Å². The van der Waals surface area contributed by atoms with Crippen LogP contribution in [0.15, 0.2) is 60.7 Å². The third-order valence-corrected chi connectivity index (χ3v) is 4.40. The molecule has 3 aromatic carbocycles. The second kappa shape index (κ2) is 8.87. The highest BCUT2D eigenvalue weighted by Crippen LogP contribution is 2.21. The van der Waals surface area contributed by atoms with Crippen LogP contribution in [0.4, 0.5) is 10.5 Å². The van der Waals surface area contributed by atoms with Gasteiger partial charge < -0.3 is 15.2 Å². The SMILES string of the molecule is CC(C)(C)OC(=O)Nc1ccc2cc(C(=O)NCc3ccc(C(=O)O)cc3)ccc2c1. The standard InChI is InChI=1S/C24H24N2O5/c1-24(2,3)31-23(30)26-20-11-10-17-12-19(9-8-18(17)13-20)21(27)25-14-15-4-6-16(7-5-15)22(28)29/h4-13H,14H2,1-3H3,(H,25,27)(H,26,30)(H,28,29). The number of rotatable bonds is 5. The van der Waals surface area contributed by atoms with Crippen molar-refractivity contribution in [1.82, 2.24) is 5.32 Å². The van der Waals surface area contributed by atoms with Crippen molar-refractivity contribution in [3.8, 4) is 0 Å².